The minimum absolute atomic E-state index is 0.161. The van der Waals surface area contributed by atoms with Gasteiger partial charge in [0.25, 0.3) is 0 Å². The van der Waals surface area contributed by atoms with E-state index in [9.17, 15) is 4.79 Å². The van der Waals surface area contributed by atoms with Gasteiger partial charge in [-0.3, -0.25) is 4.79 Å². The maximum atomic E-state index is 11.8. The maximum absolute atomic E-state index is 11.8. The lowest BCUT2D eigenvalue weighted by Crippen LogP contribution is -2.20. The molecule has 2 aromatic rings. The van der Waals surface area contributed by atoms with Crippen LogP contribution in [0, 0.1) is 0 Å². The summed E-state index contributed by atoms with van der Waals surface area (Å²) in [5.74, 6) is 0.626. The molecule has 0 atom stereocenters. The van der Waals surface area contributed by atoms with Crippen molar-refractivity contribution < 1.29 is 9.53 Å². The quantitative estimate of drug-likeness (QED) is 0.856. The van der Waals surface area contributed by atoms with Crippen LogP contribution < -0.4 is 10.1 Å². The molecule has 2 aromatic carbocycles. The van der Waals surface area contributed by atoms with Crippen molar-refractivity contribution in [3.8, 4) is 5.75 Å². The molecule has 1 N–H and O–H groups in total. The van der Waals surface area contributed by atoms with Gasteiger partial charge in [-0.25, -0.2) is 0 Å². The highest BCUT2D eigenvalue weighted by Crippen LogP contribution is 2.14. The number of ether oxygens (including phenoxy) is 1. The molecule has 0 aliphatic heterocycles. The SMILES string of the molecule is COc1ccc(/C=C/C(=O)NCc2ccccc2Cl)cc1. The Bertz CT molecular complexity index is 635. The molecule has 0 unspecified atom stereocenters. The Kier molecular flexibility index (Phi) is 5.41. The van der Waals surface area contributed by atoms with Crippen LogP contribution in [-0.4, -0.2) is 13.0 Å². The van der Waals surface area contributed by atoms with E-state index in [1.54, 1.807) is 19.3 Å². The number of carbonyl (C=O) groups is 1. The fraction of sp³-hybridized carbons (Fsp3) is 0.118. The van der Waals surface area contributed by atoms with Crippen LogP contribution in [0.2, 0.25) is 5.02 Å². The third-order valence-electron chi connectivity index (χ3n) is 2.95. The first-order chi connectivity index (χ1) is 10.2. The second-order valence-corrected chi connectivity index (χ2v) is 4.82. The molecule has 108 valence electrons. The standard InChI is InChI=1S/C17H16ClNO2/c1-21-15-9-6-13(7-10-15)8-11-17(20)19-12-14-4-2-3-5-16(14)18/h2-11H,12H2,1H3,(H,19,20)/b11-8+. The Balaban J connectivity index is 1.89. The van der Waals surface area contributed by atoms with Gasteiger partial charge in [-0.1, -0.05) is 41.9 Å². The highest BCUT2D eigenvalue weighted by molar-refractivity contribution is 6.31. The molecule has 0 aromatic heterocycles. The first kappa shape index (κ1) is 15.1. The molecule has 0 fully saturated rings. The van der Waals surface area contributed by atoms with Gasteiger partial charge in [0.05, 0.1) is 7.11 Å². The van der Waals surface area contributed by atoms with Crippen LogP contribution >= 0.6 is 11.6 Å². The minimum Gasteiger partial charge on any atom is -0.497 e. The summed E-state index contributed by atoms with van der Waals surface area (Å²) in [6.45, 7) is 0.408. The van der Waals surface area contributed by atoms with Crippen LogP contribution in [0.1, 0.15) is 11.1 Å². The summed E-state index contributed by atoms with van der Waals surface area (Å²) in [4.78, 5) is 11.8. The zero-order valence-electron chi connectivity index (χ0n) is 11.7. The van der Waals surface area contributed by atoms with E-state index < -0.39 is 0 Å². The van der Waals surface area contributed by atoms with E-state index >= 15 is 0 Å². The van der Waals surface area contributed by atoms with Gasteiger partial charge in [0.2, 0.25) is 5.91 Å². The molecule has 0 heterocycles. The number of hydrogen-bond acceptors (Lipinski definition) is 2. The number of benzene rings is 2. The zero-order valence-corrected chi connectivity index (χ0v) is 12.4. The van der Waals surface area contributed by atoms with Gasteiger partial charge in [0, 0.05) is 17.6 Å². The Labute approximate surface area is 129 Å². The fourth-order valence-electron chi connectivity index (χ4n) is 1.77. The number of carbonyl (C=O) groups excluding carboxylic acids is 1. The summed E-state index contributed by atoms with van der Waals surface area (Å²) < 4.78 is 5.08. The Morgan fingerprint density at radius 2 is 1.90 bits per heavy atom. The van der Waals surface area contributed by atoms with Crippen molar-refractivity contribution in [1.82, 2.24) is 5.32 Å². The molecule has 0 saturated heterocycles. The third kappa shape index (κ3) is 4.65. The smallest absolute Gasteiger partial charge is 0.244 e. The van der Waals surface area contributed by atoms with E-state index in [1.807, 2.05) is 42.5 Å². The van der Waals surface area contributed by atoms with E-state index in [0.717, 1.165) is 16.9 Å². The summed E-state index contributed by atoms with van der Waals surface area (Å²) in [6.07, 6.45) is 3.25. The van der Waals surface area contributed by atoms with Crippen LogP contribution in [0.15, 0.2) is 54.6 Å². The molecule has 2 rings (SSSR count). The number of nitrogens with one attached hydrogen (secondary N) is 1. The molecular formula is C17H16ClNO2. The predicted octanol–water partition coefficient (Wildman–Crippen LogP) is 3.68. The summed E-state index contributed by atoms with van der Waals surface area (Å²) in [5, 5.41) is 3.45. The van der Waals surface area contributed by atoms with Crippen molar-refractivity contribution in [3.63, 3.8) is 0 Å². The zero-order chi connectivity index (χ0) is 15.1. The molecule has 0 aliphatic rings. The molecule has 4 heteroatoms. The highest BCUT2D eigenvalue weighted by Gasteiger charge is 2.00. The highest BCUT2D eigenvalue weighted by atomic mass is 35.5. The largest absolute Gasteiger partial charge is 0.497 e. The van der Waals surface area contributed by atoms with E-state index in [-0.39, 0.29) is 5.91 Å². The number of rotatable bonds is 5. The molecule has 3 nitrogen and oxygen atoms in total. The molecule has 1 amide bonds. The van der Waals surface area contributed by atoms with Crippen molar-refractivity contribution in [1.29, 1.82) is 0 Å². The lowest BCUT2D eigenvalue weighted by molar-refractivity contribution is -0.116. The summed E-state index contributed by atoms with van der Waals surface area (Å²) in [7, 11) is 1.62. The number of hydrogen-bond donors (Lipinski definition) is 1. The Hall–Kier alpha value is -2.26. The van der Waals surface area contributed by atoms with Crippen LogP contribution in [0.3, 0.4) is 0 Å². The van der Waals surface area contributed by atoms with Gasteiger partial charge >= 0.3 is 0 Å². The van der Waals surface area contributed by atoms with Crippen LogP contribution in [-0.2, 0) is 11.3 Å². The summed E-state index contributed by atoms with van der Waals surface area (Å²) in [5.41, 5.74) is 1.83. The molecule has 0 aliphatic carbocycles. The lowest BCUT2D eigenvalue weighted by Gasteiger charge is -2.04. The van der Waals surface area contributed by atoms with E-state index in [1.165, 1.54) is 6.08 Å². The molecule has 0 radical (unpaired) electrons. The summed E-state index contributed by atoms with van der Waals surface area (Å²) >= 11 is 6.03. The average Bonchev–Trinajstić information content (AvgIpc) is 2.52. The number of amides is 1. The lowest BCUT2D eigenvalue weighted by atomic mass is 10.2. The van der Waals surface area contributed by atoms with Gasteiger partial charge in [-0.15, -0.1) is 0 Å². The van der Waals surface area contributed by atoms with Crippen molar-refractivity contribution in [3.05, 3.63) is 70.8 Å². The number of halogens is 1. The minimum atomic E-state index is -0.161. The average molecular weight is 302 g/mol. The van der Waals surface area contributed by atoms with E-state index in [0.29, 0.717) is 11.6 Å². The second-order valence-electron chi connectivity index (χ2n) is 4.42. The monoisotopic (exact) mass is 301 g/mol. The normalized spacial score (nSPS) is 10.6. The fourth-order valence-corrected chi connectivity index (χ4v) is 1.97. The molecule has 21 heavy (non-hydrogen) atoms. The Morgan fingerprint density at radius 1 is 1.19 bits per heavy atom. The van der Waals surface area contributed by atoms with Gasteiger partial charge in [0.15, 0.2) is 0 Å². The molecule has 0 saturated carbocycles. The number of methoxy groups -OCH3 is 1. The Morgan fingerprint density at radius 3 is 2.57 bits per heavy atom. The van der Waals surface area contributed by atoms with Crippen LogP contribution in [0.5, 0.6) is 5.75 Å². The van der Waals surface area contributed by atoms with Gasteiger partial charge in [-0.05, 0) is 35.4 Å². The predicted molar refractivity (Wildman–Crippen MR) is 85.3 cm³/mol. The first-order valence-corrected chi connectivity index (χ1v) is 6.90. The first-order valence-electron chi connectivity index (χ1n) is 6.52. The molecular weight excluding hydrogens is 286 g/mol. The van der Waals surface area contributed by atoms with Crippen molar-refractivity contribution >= 4 is 23.6 Å². The van der Waals surface area contributed by atoms with Crippen LogP contribution in [0.4, 0.5) is 0 Å². The van der Waals surface area contributed by atoms with Crippen LogP contribution in [0.25, 0.3) is 6.08 Å². The topological polar surface area (TPSA) is 38.3 Å². The maximum Gasteiger partial charge on any atom is 0.244 e. The second kappa shape index (κ2) is 7.50. The van der Waals surface area contributed by atoms with Gasteiger partial charge in [-0.2, -0.15) is 0 Å². The van der Waals surface area contributed by atoms with Crippen molar-refractivity contribution in [2.45, 2.75) is 6.54 Å². The van der Waals surface area contributed by atoms with Gasteiger partial charge in [0.1, 0.15) is 5.75 Å². The van der Waals surface area contributed by atoms with Gasteiger partial charge < -0.3 is 10.1 Å². The third-order valence-corrected chi connectivity index (χ3v) is 3.32. The molecule has 0 spiro atoms. The van der Waals surface area contributed by atoms with E-state index in [2.05, 4.69) is 5.32 Å². The van der Waals surface area contributed by atoms with E-state index in [4.69, 9.17) is 16.3 Å². The van der Waals surface area contributed by atoms with Crippen molar-refractivity contribution in [2.75, 3.05) is 7.11 Å². The molecule has 0 bridgehead atoms. The van der Waals surface area contributed by atoms with Crippen molar-refractivity contribution in [2.24, 2.45) is 0 Å². The summed E-state index contributed by atoms with van der Waals surface area (Å²) in [6, 6.07) is 14.9.